The zero-order valence-corrected chi connectivity index (χ0v) is 16.1. The van der Waals surface area contributed by atoms with Crippen LogP contribution in [0, 0.1) is 0 Å². The summed E-state index contributed by atoms with van der Waals surface area (Å²) in [7, 11) is 5.85. The SMILES string of the molecule is CN(Cc1ccc2nsnc2c1)C(=O)NC[C@H](c1cccs1)N(C)C. The van der Waals surface area contributed by atoms with E-state index >= 15 is 0 Å². The average Bonchev–Trinajstić information content (AvgIpc) is 3.25. The fourth-order valence-electron chi connectivity index (χ4n) is 2.61. The molecule has 0 unspecified atom stereocenters. The van der Waals surface area contributed by atoms with E-state index in [4.69, 9.17) is 0 Å². The van der Waals surface area contributed by atoms with Crippen LogP contribution in [-0.4, -0.2) is 52.3 Å². The Balaban J connectivity index is 1.58. The highest BCUT2D eigenvalue weighted by Crippen LogP contribution is 2.22. The van der Waals surface area contributed by atoms with Crippen LogP contribution in [0.3, 0.4) is 0 Å². The van der Waals surface area contributed by atoms with E-state index in [0.29, 0.717) is 13.1 Å². The number of hydrogen-bond donors (Lipinski definition) is 1. The molecule has 3 rings (SSSR count). The lowest BCUT2D eigenvalue weighted by molar-refractivity contribution is 0.201. The third kappa shape index (κ3) is 4.33. The molecule has 132 valence electrons. The van der Waals surface area contributed by atoms with Crippen molar-refractivity contribution in [2.75, 3.05) is 27.7 Å². The second-order valence-corrected chi connectivity index (χ2v) is 7.63. The van der Waals surface area contributed by atoms with E-state index in [1.165, 1.54) is 16.6 Å². The molecule has 0 bridgehead atoms. The predicted octanol–water partition coefficient (Wildman–Crippen LogP) is 3.20. The van der Waals surface area contributed by atoms with Gasteiger partial charge in [-0.1, -0.05) is 12.1 Å². The van der Waals surface area contributed by atoms with Crippen molar-refractivity contribution in [2.24, 2.45) is 0 Å². The third-order valence-electron chi connectivity index (χ3n) is 4.03. The Hall–Kier alpha value is -2.03. The van der Waals surface area contributed by atoms with Gasteiger partial charge in [0.25, 0.3) is 0 Å². The third-order valence-corrected chi connectivity index (χ3v) is 5.56. The first-order valence-corrected chi connectivity index (χ1v) is 9.55. The number of nitrogens with one attached hydrogen (secondary N) is 1. The van der Waals surface area contributed by atoms with Crippen molar-refractivity contribution in [3.05, 3.63) is 46.2 Å². The van der Waals surface area contributed by atoms with Crippen LogP contribution in [0.5, 0.6) is 0 Å². The van der Waals surface area contributed by atoms with E-state index in [1.807, 2.05) is 38.4 Å². The summed E-state index contributed by atoms with van der Waals surface area (Å²) in [6.07, 6.45) is 0. The smallest absolute Gasteiger partial charge is 0.317 e. The fraction of sp³-hybridized carbons (Fsp3) is 0.353. The summed E-state index contributed by atoms with van der Waals surface area (Å²) in [5.41, 5.74) is 2.81. The zero-order valence-electron chi connectivity index (χ0n) is 14.5. The maximum absolute atomic E-state index is 12.4. The molecule has 6 nitrogen and oxygen atoms in total. The Morgan fingerprint density at radius 2 is 2.00 bits per heavy atom. The normalized spacial score (nSPS) is 12.5. The number of carbonyl (C=O) groups excluding carboxylic acids is 1. The van der Waals surface area contributed by atoms with Crippen molar-refractivity contribution >= 4 is 40.1 Å². The van der Waals surface area contributed by atoms with Crippen LogP contribution in [0.4, 0.5) is 4.79 Å². The van der Waals surface area contributed by atoms with Gasteiger partial charge in [0.15, 0.2) is 0 Å². The summed E-state index contributed by atoms with van der Waals surface area (Å²) in [5, 5.41) is 5.09. The molecule has 0 saturated heterocycles. The van der Waals surface area contributed by atoms with Crippen LogP contribution >= 0.6 is 23.1 Å². The van der Waals surface area contributed by atoms with Gasteiger partial charge in [0.05, 0.1) is 17.8 Å². The lowest BCUT2D eigenvalue weighted by Gasteiger charge is -2.25. The van der Waals surface area contributed by atoms with Crippen molar-refractivity contribution < 1.29 is 4.79 Å². The molecule has 0 saturated carbocycles. The molecular weight excluding hydrogens is 354 g/mol. The lowest BCUT2D eigenvalue weighted by atomic mass is 10.2. The molecule has 0 spiro atoms. The van der Waals surface area contributed by atoms with E-state index in [0.717, 1.165) is 16.6 Å². The summed E-state index contributed by atoms with van der Waals surface area (Å²) in [4.78, 5) is 17.5. The van der Waals surface area contributed by atoms with E-state index in [-0.39, 0.29) is 12.1 Å². The number of carbonyl (C=O) groups is 1. The number of urea groups is 1. The van der Waals surface area contributed by atoms with Crippen LogP contribution in [0.2, 0.25) is 0 Å². The van der Waals surface area contributed by atoms with E-state index in [1.54, 1.807) is 23.3 Å². The van der Waals surface area contributed by atoms with Crippen molar-refractivity contribution in [3.63, 3.8) is 0 Å². The van der Waals surface area contributed by atoms with Crippen LogP contribution in [0.1, 0.15) is 16.5 Å². The van der Waals surface area contributed by atoms with Gasteiger partial charge >= 0.3 is 6.03 Å². The summed E-state index contributed by atoms with van der Waals surface area (Å²) in [6, 6.07) is 10.1. The van der Waals surface area contributed by atoms with Crippen molar-refractivity contribution in [1.82, 2.24) is 23.9 Å². The number of benzene rings is 1. The van der Waals surface area contributed by atoms with Crippen LogP contribution in [0.15, 0.2) is 35.7 Å². The molecule has 2 aromatic heterocycles. The molecule has 1 N–H and O–H groups in total. The van der Waals surface area contributed by atoms with Gasteiger partial charge in [0.1, 0.15) is 11.0 Å². The number of fused-ring (bicyclic) bond motifs is 1. The summed E-state index contributed by atoms with van der Waals surface area (Å²) >= 11 is 2.91. The van der Waals surface area contributed by atoms with Gasteiger partial charge in [-0.25, -0.2) is 4.79 Å². The van der Waals surface area contributed by atoms with Gasteiger partial charge in [-0.2, -0.15) is 8.75 Å². The highest BCUT2D eigenvalue weighted by atomic mass is 32.1. The molecule has 0 fully saturated rings. The standard InChI is InChI=1S/C17H21N5OS2/c1-21(2)15(16-5-4-8-24-16)10-18-17(23)22(3)11-12-6-7-13-14(9-12)20-25-19-13/h4-9,15H,10-11H2,1-3H3,(H,18,23)/t15-/m1/s1. The maximum atomic E-state index is 12.4. The lowest BCUT2D eigenvalue weighted by Crippen LogP contribution is -2.41. The quantitative estimate of drug-likeness (QED) is 0.719. The topological polar surface area (TPSA) is 61.4 Å². The first-order chi connectivity index (χ1) is 12.0. The molecule has 8 heteroatoms. The number of thiophene rings is 1. The Kier molecular flexibility index (Phi) is 5.62. The minimum Gasteiger partial charge on any atom is -0.336 e. The number of rotatable bonds is 6. The monoisotopic (exact) mass is 375 g/mol. The summed E-state index contributed by atoms with van der Waals surface area (Å²) in [5.74, 6) is 0. The molecule has 2 amide bonds. The van der Waals surface area contributed by atoms with Gasteiger partial charge in [-0.15, -0.1) is 11.3 Å². The van der Waals surface area contributed by atoms with Crippen LogP contribution in [-0.2, 0) is 6.54 Å². The second-order valence-electron chi connectivity index (χ2n) is 6.12. The largest absolute Gasteiger partial charge is 0.336 e. The first kappa shape index (κ1) is 17.8. The summed E-state index contributed by atoms with van der Waals surface area (Å²) in [6.45, 7) is 1.11. The Morgan fingerprint density at radius 3 is 2.72 bits per heavy atom. The molecule has 2 heterocycles. The molecule has 3 aromatic rings. The van der Waals surface area contributed by atoms with Gasteiger partial charge < -0.3 is 15.1 Å². The maximum Gasteiger partial charge on any atom is 0.317 e. The van der Waals surface area contributed by atoms with E-state index < -0.39 is 0 Å². The minimum absolute atomic E-state index is 0.0834. The fourth-order valence-corrected chi connectivity index (χ4v) is 4.05. The number of nitrogens with zero attached hydrogens (tertiary/aromatic N) is 4. The molecule has 0 aliphatic rings. The predicted molar refractivity (Wildman–Crippen MR) is 103 cm³/mol. The number of amides is 2. The molecule has 25 heavy (non-hydrogen) atoms. The molecule has 1 aromatic carbocycles. The van der Waals surface area contributed by atoms with Crippen LogP contribution < -0.4 is 5.32 Å². The minimum atomic E-state index is -0.0834. The van der Waals surface area contributed by atoms with Crippen molar-refractivity contribution in [2.45, 2.75) is 12.6 Å². The van der Waals surface area contributed by atoms with Crippen molar-refractivity contribution in [1.29, 1.82) is 0 Å². The second kappa shape index (κ2) is 7.90. The first-order valence-electron chi connectivity index (χ1n) is 7.94. The van der Waals surface area contributed by atoms with E-state index in [2.05, 4.69) is 30.4 Å². The number of aromatic nitrogens is 2. The van der Waals surface area contributed by atoms with Gasteiger partial charge in [-0.05, 0) is 43.2 Å². The zero-order chi connectivity index (χ0) is 17.8. The van der Waals surface area contributed by atoms with Crippen molar-refractivity contribution in [3.8, 4) is 0 Å². The van der Waals surface area contributed by atoms with Gasteiger partial charge in [0, 0.05) is 25.0 Å². The molecular formula is C17H21N5OS2. The molecule has 0 aliphatic heterocycles. The molecule has 0 radical (unpaired) electrons. The Morgan fingerprint density at radius 1 is 1.20 bits per heavy atom. The van der Waals surface area contributed by atoms with Crippen LogP contribution in [0.25, 0.3) is 11.0 Å². The van der Waals surface area contributed by atoms with E-state index in [9.17, 15) is 4.79 Å². The highest BCUT2D eigenvalue weighted by Gasteiger charge is 2.17. The average molecular weight is 376 g/mol. The Bertz CT molecular complexity index is 831. The van der Waals surface area contributed by atoms with Gasteiger partial charge in [-0.3, -0.25) is 0 Å². The molecule has 1 atom stereocenters. The number of likely N-dealkylation sites (N-methyl/N-ethyl adjacent to an activating group) is 1. The number of hydrogen-bond acceptors (Lipinski definition) is 6. The highest BCUT2D eigenvalue weighted by molar-refractivity contribution is 7.10. The Labute approximate surface area is 155 Å². The van der Waals surface area contributed by atoms with Gasteiger partial charge in [0.2, 0.25) is 0 Å². The summed E-state index contributed by atoms with van der Waals surface area (Å²) < 4.78 is 8.44. The molecule has 0 aliphatic carbocycles.